The highest BCUT2D eigenvalue weighted by molar-refractivity contribution is 5.88. The van der Waals surface area contributed by atoms with Gasteiger partial charge in [-0.15, -0.1) is 6.58 Å². The molecule has 156 valence electrons. The third-order valence-electron chi connectivity index (χ3n) is 3.94. The molecular formula is C22H32O6. The third-order valence-corrected chi connectivity index (χ3v) is 3.94. The molecule has 0 bridgehead atoms. The highest BCUT2D eigenvalue weighted by Crippen LogP contribution is 2.28. The van der Waals surface area contributed by atoms with E-state index in [0.29, 0.717) is 6.42 Å². The van der Waals surface area contributed by atoms with Gasteiger partial charge in [-0.3, -0.25) is 0 Å². The zero-order valence-corrected chi connectivity index (χ0v) is 17.3. The maximum Gasteiger partial charge on any atom is 0.333 e. The molecule has 0 amide bonds. The summed E-state index contributed by atoms with van der Waals surface area (Å²) in [5.74, 6) is -1.69. The summed E-state index contributed by atoms with van der Waals surface area (Å²) in [6, 6.07) is 0. The minimum absolute atomic E-state index is 0.0836. The molecule has 0 rings (SSSR count). The number of rotatable bonds is 14. The first-order chi connectivity index (χ1) is 13.0. The molecule has 6 heteroatoms. The molecule has 28 heavy (non-hydrogen) atoms. The van der Waals surface area contributed by atoms with Crippen molar-refractivity contribution in [3.05, 3.63) is 49.1 Å². The normalized spacial score (nSPS) is 10.5. The Morgan fingerprint density at radius 3 is 1.39 bits per heavy atom. The molecule has 0 aromatic rings. The predicted molar refractivity (Wildman–Crippen MR) is 108 cm³/mol. The number of allylic oxidation sites excluding steroid dienone is 1. The molecule has 0 aliphatic heterocycles. The van der Waals surface area contributed by atoms with Crippen molar-refractivity contribution in [3.8, 4) is 0 Å². The van der Waals surface area contributed by atoms with E-state index in [1.807, 2.05) is 6.08 Å². The van der Waals surface area contributed by atoms with Crippen LogP contribution < -0.4 is 0 Å². The summed E-state index contributed by atoms with van der Waals surface area (Å²) in [4.78, 5) is 35.6. The Hall–Kier alpha value is -2.63. The molecule has 0 N–H and O–H groups in total. The monoisotopic (exact) mass is 392 g/mol. The van der Waals surface area contributed by atoms with E-state index in [1.165, 1.54) is 20.8 Å². The molecule has 0 atom stereocenters. The van der Waals surface area contributed by atoms with Crippen LogP contribution in [0.5, 0.6) is 0 Å². The summed E-state index contributed by atoms with van der Waals surface area (Å²) in [5, 5.41) is 0. The van der Waals surface area contributed by atoms with E-state index in [9.17, 15) is 14.4 Å². The van der Waals surface area contributed by atoms with E-state index in [1.54, 1.807) is 0 Å². The lowest BCUT2D eigenvalue weighted by Crippen LogP contribution is -2.40. The van der Waals surface area contributed by atoms with Crippen LogP contribution in [0.3, 0.4) is 0 Å². The second-order valence-electron chi connectivity index (χ2n) is 7.10. The SMILES string of the molecule is C=CCCCCC(COC(=O)C(=C)C)(COC(=O)C(=C)C)COC(=O)C(=C)C. The van der Waals surface area contributed by atoms with Crippen molar-refractivity contribution >= 4 is 17.9 Å². The minimum Gasteiger partial charge on any atom is -0.461 e. The van der Waals surface area contributed by atoms with Crippen molar-refractivity contribution in [2.75, 3.05) is 19.8 Å². The van der Waals surface area contributed by atoms with Gasteiger partial charge in [0.25, 0.3) is 0 Å². The maximum absolute atomic E-state index is 11.9. The van der Waals surface area contributed by atoms with Gasteiger partial charge in [-0.1, -0.05) is 32.2 Å². The van der Waals surface area contributed by atoms with E-state index in [2.05, 4.69) is 26.3 Å². The predicted octanol–water partition coefficient (Wildman–Crippen LogP) is 4.08. The van der Waals surface area contributed by atoms with Gasteiger partial charge in [0.15, 0.2) is 0 Å². The van der Waals surface area contributed by atoms with Gasteiger partial charge < -0.3 is 14.2 Å². The first-order valence-electron chi connectivity index (χ1n) is 9.13. The van der Waals surface area contributed by atoms with Gasteiger partial charge in [0.1, 0.15) is 19.8 Å². The first-order valence-corrected chi connectivity index (χ1v) is 9.13. The Bertz CT molecular complexity index is 555. The van der Waals surface area contributed by atoms with E-state index in [-0.39, 0.29) is 36.5 Å². The van der Waals surface area contributed by atoms with Crippen molar-refractivity contribution in [1.82, 2.24) is 0 Å². The summed E-state index contributed by atoms with van der Waals surface area (Å²) < 4.78 is 16.0. The van der Waals surface area contributed by atoms with Crippen molar-refractivity contribution < 1.29 is 28.6 Å². The van der Waals surface area contributed by atoms with Crippen LogP contribution in [0.4, 0.5) is 0 Å². The van der Waals surface area contributed by atoms with Gasteiger partial charge in [0, 0.05) is 16.7 Å². The molecule has 0 aromatic heterocycles. The average Bonchev–Trinajstić information content (AvgIpc) is 2.64. The summed E-state index contributed by atoms with van der Waals surface area (Å²) in [6.45, 7) is 18.7. The molecule has 6 nitrogen and oxygen atoms in total. The average molecular weight is 392 g/mol. The Labute approximate surface area is 167 Å². The lowest BCUT2D eigenvalue weighted by Gasteiger charge is -2.32. The fraction of sp³-hybridized carbons (Fsp3) is 0.500. The molecule has 0 aromatic carbocycles. The molecule has 0 saturated heterocycles. The van der Waals surface area contributed by atoms with Gasteiger partial charge >= 0.3 is 17.9 Å². The van der Waals surface area contributed by atoms with E-state index < -0.39 is 23.3 Å². The quantitative estimate of drug-likeness (QED) is 0.146. The highest BCUT2D eigenvalue weighted by atomic mass is 16.6. The van der Waals surface area contributed by atoms with Crippen LogP contribution in [-0.2, 0) is 28.6 Å². The fourth-order valence-electron chi connectivity index (χ4n) is 2.16. The van der Waals surface area contributed by atoms with Crippen LogP contribution in [0.1, 0.15) is 46.5 Å². The third kappa shape index (κ3) is 9.90. The second-order valence-corrected chi connectivity index (χ2v) is 7.10. The molecule has 0 heterocycles. The number of esters is 3. The summed E-state index contributed by atoms with van der Waals surface area (Å²) in [7, 11) is 0. The van der Waals surface area contributed by atoms with Crippen LogP contribution >= 0.6 is 0 Å². The van der Waals surface area contributed by atoms with Crippen LogP contribution in [-0.4, -0.2) is 37.7 Å². The van der Waals surface area contributed by atoms with Crippen LogP contribution in [0.15, 0.2) is 49.1 Å². The van der Waals surface area contributed by atoms with Crippen LogP contribution in [0.25, 0.3) is 0 Å². The van der Waals surface area contributed by atoms with Gasteiger partial charge in [-0.2, -0.15) is 0 Å². The molecule has 0 fully saturated rings. The zero-order chi connectivity index (χ0) is 21.7. The molecule has 0 saturated carbocycles. The topological polar surface area (TPSA) is 78.9 Å². The van der Waals surface area contributed by atoms with Crippen molar-refractivity contribution in [2.24, 2.45) is 5.41 Å². The van der Waals surface area contributed by atoms with Crippen molar-refractivity contribution in [1.29, 1.82) is 0 Å². The summed E-state index contributed by atoms with van der Waals surface area (Å²) >= 11 is 0. The fourth-order valence-corrected chi connectivity index (χ4v) is 2.16. The summed E-state index contributed by atoms with van der Waals surface area (Å²) in [5.41, 5.74) is -0.141. The Kier molecular flexibility index (Phi) is 11.5. The maximum atomic E-state index is 11.9. The number of ether oxygens (including phenoxy) is 3. The van der Waals surface area contributed by atoms with Crippen molar-refractivity contribution in [2.45, 2.75) is 46.5 Å². The van der Waals surface area contributed by atoms with Crippen LogP contribution in [0.2, 0.25) is 0 Å². The molecule has 0 radical (unpaired) electrons. The highest BCUT2D eigenvalue weighted by Gasteiger charge is 2.35. The van der Waals surface area contributed by atoms with Gasteiger partial charge in [-0.25, -0.2) is 14.4 Å². The molecule has 0 aliphatic rings. The van der Waals surface area contributed by atoms with E-state index in [4.69, 9.17) is 14.2 Å². The number of carbonyl (C=O) groups excluding carboxylic acids is 3. The van der Waals surface area contributed by atoms with Gasteiger partial charge in [-0.05, 0) is 40.0 Å². The largest absolute Gasteiger partial charge is 0.461 e. The molecule has 0 spiro atoms. The van der Waals surface area contributed by atoms with E-state index in [0.717, 1.165) is 19.3 Å². The Morgan fingerprint density at radius 2 is 1.11 bits per heavy atom. The molecule has 0 aliphatic carbocycles. The molecular weight excluding hydrogens is 360 g/mol. The Morgan fingerprint density at radius 1 is 0.750 bits per heavy atom. The lowest BCUT2D eigenvalue weighted by atomic mass is 9.84. The number of carbonyl (C=O) groups is 3. The van der Waals surface area contributed by atoms with E-state index >= 15 is 0 Å². The number of unbranched alkanes of at least 4 members (excludes halogenated alkanes) is 2. The van der Waals surface area contributed by atoms with Gasteiger partial charge in [0.2, 0.25) is 0 Å². The minimum atomic E-state index is -0.886. The smallest absolute Gasteiger partial charge is 0.333 e. The van der Waals surface area contributed by atoms with Crippen molar-refractivity contribution in [3.63, 3.8) is 0 Å². The first kappa shape index (κ1) is 25.4. The van der Waals surface area contributed by atoms with Crippen LogP contribution in [0, 0.1) is 5.41 Å². The van der Waals surface area contributed by atoms with Gasteiger partial charge in [0.05, 0.1) is 5.41 Å². The number of hydrogen-bond donors (Lipinski definition) is 0. The number of hydrogen-bond acceptors (Lipinski definition) is 6. The second kappa shape index (κ2) is 12.7. The zero-order valence-electron chi connectivity index (χ0n) is 17.3. The Balaban J connectivity index is 5.45. The lowest BCUT2D eigenvalue weighted by molar-refractivity contribution is -0.157. The standard InChI is InChI=1S/C22H32O6/c1-8-9-10-11-12-22(13-26-19(23)16(2)3,14-27-20(24)17(4)5)15-28-21(25)18(6)7/h8H,1-2,4,6,9-15H2,3,5,7H3. The molecule has 0 unspecified atom stereocenters. The summed E-state index contributed by atoms with van der Waals surface area (Å²) in [6.07, 6.45) is 4.73.